The Morgan fingerprint density at radius 3 is 2.85 bits per heavy atom. The number of esters is 1. The van der Waals surface area contributed by atoms with Crippen molar-refractivity contribution in [3.05, 3.63) is 18.0 Å². The summed E-state index contributed by atoms with van der Waals surface area (Å²) in [5, 5.41) is 0. The maximum Gasteiger partial charge on any atom is 0.355 e. The van der Waals surface area contributed by atoms with Crippen LogP contribution in [0.25, 0.3) is 0 Å². The van der Waals surface area contributed by atoms with Gasteiger partial charge in [0, 0.05) is 13.2 Å². The molecule has 0 unspecified atom stereocenters. The first-order chi connectivity index (χ1) is 6.15. The van der Waals surface area contributed by atoms with Crippen molar-refractivity contribution in [2.24, 2.45) is 7.05 Å². The third-order valence-corrected chi connectivity index (χ3v) is 1.67. The van der Waals surface area contributed by atoms with Gasteiger partial charge in [-0.3, -0.25) is 0 Å². The Balaban J connectivity index is 2.70. The van der Waals surface area contributed by atoms with Crippen LogP contribution in [0.5, 0.6) is 0 Å². The van der Waals surface area contributed by atoms with Gasteiger partial charge in [0.25, 0.3) is 0 Å². The molecule has 0 aromatic carbocycles. The second-order valence-corrected chi connectivity index (χ2v) is 2.91. The number of aromatic nitrogens is 1. The molecule has 0 spiro atoms. The largest absolute Gasteiger partial charge is 0.461 e. The van der Waals surface area contributed by atoms with Gasteiger partial charge in [-0.05, 0) is 12.5 Å². The molecule has 0 radical (unpaired) electrons. The molecule has 1 aromatic rings. The van der Waals surface area contributed by atoms with E-state index in [1.165, 1.54) is 0 Å². The molecule has 0 aliphatic carbocycles. The molecule has 1 rings (SSSR count). The number of nitrogens with two attached hydrogens (primary N) is 1. The maximum absolute atomic E-state index is 11.3. The summed E-state index contributed by atoms with van der Waals surface area (Å²) in [4.78, 5) is 11.3. The van der Waals surface area contributed by atoms with Crippen LogP contribution >= 0.6 is 0 Å². The van der Waals surface area contributed by atoms with Crippen LogP contribution in [0.3, 0.4) is 0 Å². The van der Waals surface area contributed by atoms with Crippen molar-refractivity contribution in [1.82, 2.24) is 4.57 Å². The average Bonchev–Trinajstić information content (AvgIpc) is 2.41. The van der Waals surface area contributed by atoms with Gasteiger partial charge in [0.15, 0.2) is 0 Å². The maximum atomic E-state index is 11.3. The zero-order valence-electron chi connectivity index (χ0n) is 7.91. The van der Waals surface area contributed by atoms with E-state index in [-0.39, 0.29) is 5.97 Å². The second-order valence-electron chi connectivity index (χ2n) is 2.91. The van der Waals surface area contributed by atoms with Crippen LogP contribution in [0.2, 0.25) is 0 Å². The first-order valence-electron chi connectivity index (χ1n) is 4.24. The molecule has 0 saturated heterocycles. The van der Waals surface area contributed by atoms with Gasteiger partial charge in [-0.1, -0.05) is 6.92 Å². The van der Waals surface area contributed by atoms with E-state index in [4.69, 9.17) is 10.5 Å². The number of rotatable bonds is 3. The summed E-state index contributed by atoms with van der Waals surface area (Å²) in [6, 6.07) is 1.61. The summed E-state index contributed by atoms with van der Waals surface area (Å²) < 4.78 is 6.62. The Morgan fingerprint density at radius 2 is 2.38 bits per heavy atom. The number of ether oxygens (including phenoxy) is 1. The first kappa shape index (κ1) is 9.64. The highest BCUT2D eigenvalue weighted by molar-refractivity contribution is 5.89. The number of hydrogen-bond donors (Lipinski definition) is 1. The van der Waals surface area contributed by atoms with Crippen LogP contribution < -0.4 is 5.73 Å². The third kappa shape index (κ3) is 2.24. The van der Waals surface area contributed by atoms with Crippen molar-refractivity contribution in [2.45, 2.75) is 13.3 Å². The van der Waals surface area contributed by atoms with Gasteiger partial charge in [0.1, 0.15) is 5.69 Å². The minimum atomic E-state index is -0.318. The van der Waals surface area contributed by atoms with E-state index < -0.39 is 0 Å². The van der Waals surface area contributed by atoms with Crippen molar-refractivity contribution in [1.29, 1.82) is 0 Å². The van der Waals surface area contributed by atoms with E-state index in [2.05, 4.69) is 0 Å². The van der Waals surface area contributed by atoms with E-state index in [9.17, 15) is 4.79 Å². The minimum Gasteiger partial charge on any atom is -0.461 e. The summed E-state index contributed by atoms with van der Waals surface area (Å²) in [5.74, 6) is -0.318. The van der Waals surface area contributed by atoms with Crippen LogP contribution in [0.4, 0.5) is 5.69 Å². The number of hydrogen-bond acceptors (Lipinski definition) is 3. The number of carbonyl (C=O) groups excluding carboxylic acids is 1. The lowest BCUT2D eigenvalue weighted by molar-refractivity contribution is 0.0494. The minimum absolute atomic E-state index is 0.318. The van der Waals surface area contributed by atoms with Gasteiger partial charge in [-0.25, -0.2) is 4.79 Å². The number of carbonyl (C=O) groups is 1. The summed E-state index contributed by atoms with van der Waals surface area (Å²) in [6.45, 7) is 2.40. The predicted octanol–water partition coefficient (Wildman–Crippen LogP) is 1.17. The number of aryl methyl sites for hydroxylation is 1. The van der Waals surface area contributed by atoms with Crippen LogP contribution in [-0.4, -0.2) is 17.1 Å². The second kappa shape index (κ2) is 3.98. The van der Waals surface area contributed by atoms with Gasteiger partial charge in [0.2, 0.25) is 0 Å². The number of anilines is 1. The highest BCUT2D eigenvalue weighted by Crippen LogP contribution is 2.09. The molecule has 0 aliphatic heterocycles. The quantitative estimate of drug-likeness (QED) is 0.714. The van der Waals surface area contributed by atoms with Crippen molar-refractivity contribution < 1.29 is 9.53 Å². The highest BCUT2D eigenvalue weighted by atomic mass is 16.5. The Morgan fingerprint density at radius 1 is 1.69 bits per heavy atom. The van der Waals surface area contributed by atoms with E-state index in [0.29, 0.717) is 18.0 Å². The first-order valence-corrected chi connectivity index (χ1v) is 4.24. The molecule has 0 saturated carbocycles. The Hall–Kier alpha value is -1.45. The smallest absolute Gasteiger partial charge is 0.355 e. The molecule has 0 bridgehead atoms. The van der Waals surface area contributed by atoms with Gasteiger partial charge >= 0.3 is 5.97 Å². The fourth-order valence-electron chi connectivity index (χ4n) is 1.06. The average molecular weight is 182 g/mol. The van der Waals surface area contributed by atoms with E-state index in [0.717, 1.165) is 6.42 Å². The SMILES string of the molecule is CCCOC(=O)c1cc(N)cn1C. The van der Waals surface area contributed by atoms with Crippen LogP contribution in [-0.2, 0) is 11.8 Å². The fraction of sp³-hybridized carbons (Fsp3) is 0.444. The van der Waals surface area contributed by atoms with Crippen LogP contribution in [0.15, 0.2) is 12.3 Å². The molecule has 0 amide bonds. The molecule has 0 fully saturated rings. The summed E-state index contributed by atoms with van der Waals surface area (Å²) in [5.41, 5.74) is 6.58. The van der Waals surface area contributed by atoms with Gasteiger partial charge in [-0.2, -0.15) is 0 Å². The molecule has 4 nitrogen and oxygen atoms in total. The highest BCUT2D eigenvalue weighted by Gasteiger charge is 2.11. The molecule has 2 N–H and O–H groups in total. The Labute approximate surface area is 77.3 Å². The Bertz CT molecular complexity index is 305. The molecule has 13 heavy (non-hydrogen) atoms. The van der Waals surface area contributed by atoms with Crippen molar-refractivity contribution in [2.75, 3.05) is 12.3 Å². The molecule has 0 atom stereocenters. The number of nitrogens with zero attached hydrogens (tertiary/aromatic N) is 1. The molecular weight excluding hydrogens is 168 g/mol. The molecule has 1 aromatic heterocycles. The van der Waals surface area contributed by atoms with E-state index in [1.54, 1.807) is 23.9 Å². The van der Waals surface area contributed by atoms with Crippen molar-refractivity contribution in [3.8, 4) is 0 Å². The summed E-state index contributed by atoms with van der Waals surface area (Å²) >= 11 is 0. The standard InChI is InChI=1S/C9H14N2O2/c1-3-4-13-9(12)8-5-7(10)6-11(8)2/h5-6H,3-4,10H2,1-2H3. The fourth-order valence-corrected chi connectivity index (χ4v) is 1.06. The lowest BCUT2D eigenvalue weighted by Crippen LogP contribution is -2.09. The zero-order chi connectivity index (χ0) is 9.84. The van der Waals surface area contributed by atoms with Crippen LogP contribution in [0.1, 0.15) is 23.8 Å². The molecule has 4 heteroatoms. The van der Waals surface area contributed by atoms with E-state index in [1.807, 2.05) is 6.92 Å². The lowest BCUT2D eigenvalue weighted by Gasteiger charge is -2.02. The normalized spacial score (nSPS) is 10.0. The third-order valence-electron chi connectivity index (χ3n) is 1.67. The Kier molecular flexibility index (Phi) is 2.95. The predicted molar refractivity (Wildman–Crippen MR) is 50.4 cm³/mol. The number of nitrogen functional groups attached to an aromatic ring is 1. The van der Waals surface area contributed by atoms with Gasteiger partial charge in [-0.15, -0.1) is 0 Å². The summed E-state index contributed by atoms with van der Waals surface area (Å²) in [6.07, 6.45) is 2.51. The van der Waals surface area contributed by atoms with Gasteiger partial charge in [0.05, 0.1) is 12.3 Å². The van der Waals surface area contributed by atoms with Crippen molar-refractivity contribution in [3.63, 3.8) is 0 Å². The van der Waals surface area contributed by atoms with Crippen molar-refractivity contribution >= 4 is 11.7 Å². The molecule has 0 aliphatic rings. The molecule has 72 valence electrons. The van der Waals surface area contributed by atoms with Gasteiger partial charge < -0.3 is 15.0 Å². The molecule has 1 heterocycles. The van der Waals surface area contributed by atoms with Crippen LogP contribution in [0, 0.1) is 0 Å². The van der Waals surface area contributed by atoms with E-state index >= 15 is 0 Å². The summed E-state index contributed by atoms with van der Waals surface area (Å²) in [7, 11) is 1.76. The zero-order valence-corrected chi connectivity index (χ0v) is 7.91. The molecular formula is C9H14N2O2. The lowest BCUT2D eigenvalue weighted by atomic mass is 10.4. The topological polar surface area (TPSA) is 57.2 Å². The monoisotopic (exact) mass is 182 g/mol.